The molecule has 2 aromatic carbocycles. The zero-order valence-electron chi connectivity index (χ0n) is 17.9. The van der Waals surface area contributed by atoms with Crippen molar-refractivity contribution in [3.05, 3.63) is 59.4 Å². The Kier molecular flexibility index (Phi) is 6.47. The van der Waals surface area contributed by atoms with Crippen LogP contribution in [-0.4, -0.2) is 42.0 Å². The molecule has 10 heteroatoms. The summed E-state index contributed by atoms with van der Waals surface area (Å²) in [5.74, 6) is 1.14. The van der Waals surface area contributed by atoms with Gasteiger partial charge in [-0.05, 0) is 62.1 Å². The zero-order chi connectivity index (χ0) is 23.8. The van der Waals surface area contributed by atoms with E-state index in [9.17, 15) is 18.4 Å². The van der Waals surface area contributed by atoms with Crippen LogP contribution in [0.4, 0.5) is 4.79 Å². The number of nitrogens with two attached hydrogens (primary N) is 1. The number of carbonyl (C=O) groups excluding carboxylic acids is 1. The highest BCUT2D eigenvalue weighted by atomic mass is 35.5. The van der Waals surface area contributed by atoms with Gasteiger partial charge in [0.25, 0.3) is 0 Å². The first-order chi connectivity index (χ1) is 15.6. The maximum Gasteiger partial charge on any atom is 0.338 e. The Hall–Kier alpha value is -2.88. The van der Waals surface area contributed by atoms with Gasteiger partial charge >= 0.3 is 6.03 Å². The van der Waals surface area contributed by atoms with Gasteiger partial charge in [-0.25, -0.2) is 23.3 Å². The number of sulfone groups is 1. The SMILES string of the molecule is CS(=O)(=O)c1ccc(-c2nc(C3CCC(N(O)C(N)=O)CC3)oc2-c2ccc(Cl)cc2)cc1. The molecular formula is C23H24ClN3O5S. The standard InChI is InChI=1S/C23H24ClN3O5S/c1-33(30,31)19-12-6-14(7-13-19)20-21(15-2-8-17(24)9-3-15)32-22(26-20)16-4-10-18(11-5-16)27(29)23(25)28/h2-3,6-9,12-13,16,18,29H,4-5,10-11H2,1H3,(H2,25,28). The van der Waals surface area contributed by atoms with Gasteiger partial charge < -0.3 is 10.2 Å². The number of hydrogen-bond donors (Lipinski definition) is 2. The van der Waals surface area contributed by atoms with Crippen LogP contribution in [0.25, 0.3) is 22.6 Å². The number of oxazole rings is 1. The van der Waals surface area contributed by atoms with Crippen LogP contribution >= 0.6 is 11.6 Å². The van der Waals surface area contributed by atoms with E-state index in [0.29, 0.717) is 53.1 Å². The van der Waals surface area contributed by atoms with Gasteiger partial charge in [-0.2, -0.15) is 0 Å². The van der Waals surface area contributed by atoms with E-state index in [-0.39, 0.29) is 16.9 Å². The molecule has 1 heterocycles. The molecular weight excluding hydrogens is 466 g/mol. The molecule has 0 bridgehead atoms. The van der Waals surface area contributed by atoms with Gasteiger partial charge in [-0.15, -0.1) is 0 Å². The molecule has 0 saturated heterocycles. The molecule has 1 aliphatic rings. The minimum Gasteiger partial charge on any atom is -0.440 e. The van der Waals surface area contributed by atoms with E-state index in [0.717, 1.165) is 17.4 Å². The first kappa shape index (κ1) is 23.3. The summed E-state index contributed by atoms with van der Waals surface area (Å²) < 4.78 is 29.9. The number of amides is 2. The van der Waals surface area contributed by atoms with Gasteiger partial charge in [0, 0.05) is 28.3 Å². The van der Waals surface area contributed by atoms with Crippen molar-refractivity contribution < 1.29 is 22.8 Å². The lowest BCUT2D eigenvalue weighted by Crippen LogP contribution is -2.42. The number of rotatable bonds is 5. The average Bonchev–Trinajstić information content (AvgIpc) is 3.24. The highest BCUT2D eigenvalue weighted by Crippen LogP contribution is 2.40. The molecule has 3 N–H and O–H groups in total. The Morgan fingerprint density at radius 2 is 1.64 bits per heavy atom. The van der Waals surface area contributed by atoms with E-state index < -0.39 is 15.9 Å². The number of primary amides is 1. The number of hydrogen-bond acceptors (Lipinski definition) is 6. The Morgan fingerprint density at radius 1 is 1.06 bits per heavy atom. The molecule has 0 atom stereocenters. The molecule has 0 aliphatic heterocycles. The molecule has 1 aliphatic carbocycles. The molecule has 8 nitrogen and oxygen atoms in total. The minimum atomic E-state index is -3.32. The van der Waals surface area contributed by atoms with Gasteiger partial charge in [0.05, 0.1) is 10.9 Å². The molecule has 0 radical (unpaired) electrons. The molecule has 3 aromatic rings. The molecule has 33 heavy (non-hydrogen) atoms. The van der Waals surface area contributed by atoms with Crippen molar-refractivity contribution in [3.8, 4) is 22.6 Å². The number of carbonyl (C=O) groups is 1. The van der Waals surface area contributed by atoms with Crippen molar-refractivity contribution in [3.63, 3.8) is 0 Å². The lowest BCUT2D eigenvalue weighted by atomic mass is 9.86. The van der Waals surface area contributed by atoms with Crippen LogP contribution in [0.5, 0.6) is 0 Å². The summed E-state index contributed by atoms with van der Waals surface area (Å²) >= 11 is 6.04. The van der Waals surface area contributed by atoms with Crippen LogP contribution in [0.2, 0.25) is 5.02 Å². The van der Waals surface area contributed by atoms with Crippen molar-refractivity contribution in [2.45, 2.75) is 42.5 Å². The van der Waals surface area contributed by atoms with Gasteiger partial charge in [-0.1, -0.05) is 23.7 Å². The van der Waals surface area contributed by atoms with E-state index in [2.05, 4.69) is 0 Å². The molecule has 2 amide bonds. The fraction of sp³-hybridized carbons (Fsp3) is 0.304. The summed E-state index contributed by atoms with van der Waals surface area (Å²) in [5.41, 5.74) is 7.30. The second-order valence-electron chi connectivity index (χ2n) is 8.22. The van der Waals surface area contributed by atoms with E-state index in [1.165, 1.54) is 0 Å². The molecule has 1 fully saturated rings. The first-order valence-corrected chi connectivity index (χ1v) is 12.7. The zero-order valence-corrected chi connectivity index (χ0v) is 19.5. The van der Waals surface area contributed by atoms with Crippen molar-refractivity contribution in [2.24, 2.45) is 5.73 Å². The fourth-order valence-corrected chi connectivity index (χ4v) is 4.87. The normalized spacial score (nSPS) is 18.8. The largest absolute Gasteiger partial charge is 0.440 e. The highest BCUT2D eigenvalue weighted by Gasteiger charge is 2.31. The lowest BCUT2D eigenvalue weighted by molar-refractivity contribution is -0.0854. The van der Waals surface area contributed by atoms with E-state index in [4.69, 9.17) is 26.7 Å². The summed E-state index contributed by atoms with van der Waals surface area (Å²) in [5, 5.41) is 11.0. The second-order valence-corrected chi connectivity index (χ2v) is 10.7. The van der Waals surface area contributed by atoms with E-state index >= 15 is 0 Å². The third-order valence-electron chi connectivity index (χ3n) is 5.92. The smallest absolute Gasteiger partial charge is 0.338 e. The topological polar surface area (TPSA) is 127 Å². The van der Waals surface area contributed by atoms with Crippen molar-refractivity contribution >= 4 is 27.5 Å². The maximum absolute atomic E-state index is 11.8. The predicted octanol–water partition coefficient (Wildman–Crippen LogP) is 4.86. The quantitative estimate of drug-likeness (QED) is 0.389. The van der Waals surface area contributed by atoms with Gasteiger partial charge in [0.2, 0.25) is 0 Å². The van der Waals surface area contributed by atoms with Gasteiger partial charge in [0.15, 0.2) is 21.5 Å². The van der Waals surface area contributed by atoms with Gasteiger partial charge in [0.1, 0.15) is 5.69 Å². The average molecular weight is 490 g/mol. The second kappa shape index (κ2) is 9.17. The molecule has 0 unspecified atom stereocenters. The molecule has 4 rings (SSSR count). The summed E-state index contributed by atoms with van der Waals surface area (Å²) in [7, 11) is -3.32. The number of nitrogens with zero attached hydrogens (tertiary/aromatic N) is 2. The lowest BCUT2D eigenvalue weighted by Gasteiger charge is -2.30. The third-order valence-corrected chi connectivity index (χ3v) is 7.30. The Bertz CT molecular complexity index is 1250. The van der Waals surface area contributed by atoms with E-state index in [1.54, 1.807) is 36.4 Å². The van der Waals surface area contributed by atoms with Crippen LogP contribution in [-0.2, 0) is 9.84 Å². The fourth-order valence-electron chi connectivity index (χ4n) is 4.11. The Labute approximate surface area is 196 Å². The summed E-state index contributed by atoms with van der Waals surface area (Å²) in [6.07, 6.45) is 3.64. The summed E-state index contributed by atoms with van der Waals surface area (Å²) in [6.45, 7) is 0. The molecule has 1 saturated carbocycles. The molecule has 174 valence electrons. The predicted molar refractivity (Wildman–Crippen MR) is 124 cm³/mol. The summed E-state index contributed by atoms with van der Waals surface area (Å²) in [4.78, 5) is 16.3. The number of hydroxylamine groups is 2. The number of halogens is 1. The number of aromatic nitrogens is 1. The van der Waals surface area contributed by atoms with Crippen molar-refractivity contribution in [1.29, 1.82) is 0 Å². The summed E-state index contributed by atoms with van der Waals surface area (Å²) in [6, 6.07) is 12.6. The highest BCUT2D eigenvalue weighted by molar-refractivity contribution is 7.90. The third kappa shape index (κ3) is 5.05. The van der Waals surface area contributed by atoms with Crippen molar-refractivity contribution in [2.75, 3.05) is 6.26 Å². The van der Waals surface area contributed by atoms with Crippen molar-refractivity contribution in [1.82, 2.24) is 10.0 Å². The molecule has 1 aromatic heterocycles. The van der Waals surface area contributed by atoms with Crippen LogP contribution in [0.3, 0.4) is 0 Å². The monoisotopic (exact) mass is 489 g/mol. The molecule has 0 spiro atoms. The van der Waals surface area contributed by atoms with E-state index in [1.807, 2.05) is 12.1 Å². The van der Waals surface area contributed by atoms with Crippen LogP contribution < -0.4 is 5.73 Å². The Balaban J connectivity index is 1.68. The van der Waals surface area contributed by atoms with Crippen LogP contribution in [0, 0.1) is 0 Å². The number of urea groups is 1. The first-order valence-electron chi connectivity index (χ1n) is 10.5. The van der Waals surface area contributed by atoms with Crippen LogP contribution in [0.1, 0.15) is 37.5 Å². The maximum atomic E-state index is 11.8. The van der Waals surface area contributed by atoms with Crippen LogP contribution in [0.15, 0.2) is 57.8 Å². The van der Waals surface area contributed by atoms with Gasteiger partial charge in [-0.3, -0.25) is 5.21 Å². The Morgan fingerprint density at radius 3 is 2.18 bits per heavy atom. The minimum absolute atomic E-state index is 0.0117. The number of benzene rings is 2.